The molecule has 1 saturated heterocycles. The second-order valence-corrected chi connectivity index (χ2v) is 5.17. The predicted molar refractivity (Wildman–Crippen MR) is 73.1 cm³/mol. The maximum atomic E-state index is 3.55. The zero-order valence-corrected chi connectivity index (χ0v) is 10.8. The smallest absolute Gasteiger partial charge is 0.0205 e. The Kier molecular flexibility index (Phi) is 5.02. The molecule has 0 bridgehead atoms. The van der Waals surface area contributed by atoms with Crippen LogP contribution in [0.2, 0.25) is 0 Å². The second kappa shape index (κ2) is 6.77. The van der Waals surface area contributed by atoms with E-state index in [4.69, 9.17) is 0 Å². The molecule has 0 saturated carbocycles. The quantitative estimate of drug-likeness (QED) is 0.762. The third-order valence-electron chi connectivity index (χ3n) is 3.54. The molecule has 2 heteroatoms. The number of hydrogen-bond donors (Lipinski definition) is 2. The Morgan fingerprint density at radius 1 is 1.41 bits per heavy atom. The second-order valence-electron chi connectivity index (χ2n) is 5.17. The summed E-state index contributed by atoms with van der Waals surface area (Å²) in [5.41, 5.74) is 2.74. The summed E-state index contributed by atoms with van der Waals surface area (Å²) in [4.78, 5) is 0. The SMILES string of the molecule is Cc1cccc(CNCCC2CCCNC2)c1. The molecule has 1 unspecified atom stereocenters. The van der Waals surface area contributed by atoms with Gasteiger partial charge in [0.2, 0.25) is 0 Å². The number of piperidine rings is 1. The van der Waals surface area contributed by atoms with Crippen LogP contribution in [0.1, 0.15) is 30.4 Å². The number of aryl methyl sites for hydroxylation is 1. The van der Waals surface area contributed by atoms with Crippen LogP contribution in [0.4, 0.5) is 0 Å². The lowest BCUT2D eigenvalue weighted by atomic mass is 9.96. The molecule has 2 nitrogen and oxygen atoms in total. The average Bonchev–Trinajstić information content (AvgIpc) is 2.36. The maximum absolute atomic E-state index is 3.55. The van der Waals surface area contributed by atoms with Crippen LogP contribution in [0.5, 0.6) is 0 Å². The zero-order chi connectivity index (χ0) is 11.9. The van der Waals surface area contributed by atoms with Crippen LogP contribution < -0.4 is 10.6 Å². The molecule has 1 atom stereocenters. The Labute approximate surface area is 105 Å². The monoisotopic (exact) mass is 232 g/mol. The summed E-state index contributed by atoms with van der Waals surface area (Å²) in [6.07, 6.45) is 4.06. The molecule has 1 heterocycles. The normalized spacial score (nSPS) is 20.4. The van der Waals surface area contributed by atoms with Gasteiger partial charge in [0.1, 0.15) is 0 Å². The molecule has 2 rings (SSSR count). The van der Waals surface area contributed by atoms with E-state index in [1.54, 1.807) is 0 Å². The molecule has 1 aliphatic rings. The number of hydrogen-bond acceptors (Lipinski definition) is 2. The minimum atomic E-state index is 0.883. The predicted octanol–water partition coefficient (Wildman–Crippen LogP) is 2.47. The molecule has 2 N–H and O–H groups in total. The Balaban J connectivity index is 1.62. The van der Waals surface area contributed by atoms with Gasteiger partial charge in [-0.2, -0.15) is 0 Å². The van der Waals surface area contributed by atoms with E-state index in [1.165, 1.54) is 43.5 Å². The van der Waals surface area contributed by atoms with E-state index in [9.17, 15) is 0 Å². The van der Waals surface area contributed by atoms with E-state index in [2.05, 4.69) is 41.8 Å². The zero-order valence-electron chi connectivity index (χ0n) is 10.8. The molecule has 0 radical (unpaired) electrons. The van der Waals surface area contributed by atoms with Crippen molar-refractivity contribution in [3.63, 3.8) is 0 Å². The third-order valence-corrected chi connectivity index (χ3v) is 3.54. The Morgan fingerprint density at radius 2 is 2.35 bits per heavy atom. The van der Waals surface area contributed by atoms with E-state index in [-0.39, 0.29) is 0 Å². The molecule has 0 amide bonds. The van der Waals surface area contributed by atoms with Crippen molar-refractivity contribution in [3.05, 3.63) is 35.4 Å². The first-order valence-electron chi connectivity index (χ1n) is 6.81. The molecular formula is C15H24N2. The summed E-state index contributed by atoms with van der Waals surface area (Å²) in [5, 5.41) is 7.02. The minimum Gasteiger partial charge on any atom is -0.316 e. The van der Waals surface area contributed by atoms with E-state index < -0.39 is 0 Å². The summed E-state index contributed by atoms with van der Waals surface area (Å²) < 4.78 is 0. The lowest BCUT2D eigenvalue weighted by Gasteiger charge is -2.22. The van der Waals surface area contributed by atoms with Crippen LogP contribution in [0.25, 0.3) is 0 Å². The molecule has 1 aromatic carbocycles. The van der Waals surface area contributed by atoms with Crippen molar-refractivity contribution < 1.29 is 0 Å². The van der Waals surface area contributed by atoms with Gasteiger partial charge in [-0.3, -0.25) is 0 Å². The Hall–Kier alpha value is -0.860. The Morgan fingerprint density at radius 3 is 3.12 bits per heavy atom. The van der Waals surface area contributed by atoms with Gasteiger partial charge >= 0.3 is 0 Å². The summed E-state index contributed by atoms with van der Waals surface area (Å²) in [6.45, 7) is 6.72. The van der Waals surface area contributed by atoms with Crippen LogP contribution in [-0.4, -0.2) is 19.6 Å². The van der Waals surface area contributed by atoms with Crippen molar-refractivity contribution >= 4 is 0 Å². The molecular weight excluding hydrogens is 208 g/mol. The highest BCUT2D eigenvalue weighted by atomic mass is 14.9. The minimum absolute atomic E-state index is 0.883. The van der Waals surface area contributed by atoms with Crippen molar-refractivity contribution in [2.24, 2.45) is 5.92 Å². The standard InChI is InChI=1S/C15H24N2/c1-13-4-2-5-15(10-13)12-17-9-7-14-6-3-8-16-11-14/h2,4-5,10,14,16-17H,3,6-9,11-12H2,1H3. The van der Waals surface area contributed by atoms with Crippen LogP contribution in [0, 0.1) is 12.8 Å². The fourth-order valence-electron chi connectivity index (χ4n) is 2.53. The van der Waals surface area contributed by atoms with E-state index in [0.29, 0.717) is 0 Å². The molecule has 17 heavy (non-hydrogen) atoms. The summed E-state index contributed by atoms with van der Waals surface area (Å²) in [5.74, 6) is 0.883. The number of rotatable bonds is 5. The average molecular weight is 232 g/mol. The topological polar surface area (TPSA) is 24.1 Å². The number of benzene rings is 1. The molecule has 0 spiro atoms. The maximum Gasteiger partial charge on any atom is 0.0205 e. The van der Waals surface area contributed by atoms with E-state index in [0.717, 1.165) is 19.0 Å². The molecule has 1 fully saturated rings. The van der Waals surface area contributed by atoms with E-state index in [1.807, 2.05) is 0 Å². The van der Waals surface area contributed by atoms with Crippen molar-refractivity contribution in [3.8, 4) is 0 Å². The first kappa shape index (κ1) is 12.6. The summed E-state index contributed by atoms with van der Waals surface area (Å²) in [7, 11) is 0. The van der Waals surface area contributed by atoms with Gasteiger partial charge in [0.15, 0.2) is 0 Å². The largest absolute Gasteiger partial charge is 0.316 e. The van der Waals surface area contributed by atoms with Crippen LogP contribution in [-0.2, 0) is 6.54 Å². The molecule has 0 aromatic heterocycles. The van der Waals surface area contributed by atoms with Crippen molar-refractivity contribution in [1.82, 2.24) is 10.6 Å². The first-order valence-corrected chi connectivity index (χ1v) is 6.81. The lowest BCUT2D eigenvalue weighted by Crippen LogP contribution is -2.31. The Bertz CT molecular complexity index is 329. The molecule has 94 valence electrons. The van der Waals surface area contributed by atoms with Gasteiger partial charge in [-0.1, -0.05) is 29.8 Å². The third kappa shape index (κ3) is 4.49. The van der Waals surface area contributed by atoms with Crippen LogP contribution in [0.3, 0.4) is 0 Å². The highest BCUT2D eigenvalue weighted by Gasteiger charge is 2.11. The lowest BCUT2D eigenvalue weighted by molar-refractivity contribution is 0.352. The first-order chi connectivity index (χ1) is 8.34. The fraction of sp³-hybridized carbons (Fsp3) is 0.600. The van der Waals surface area contributed by atoms with Crippen LogP contribution in [0.15, 0.2) is 24.3 Å². The summed E-state index contributed by atoms with van der Waals surface area (Å²) in [6, 6.07) is 8.74. The van der Waals surface area contributed by atoms with Gasteiger partial charge < -0.3 is 10.6 Å². The molecule has 1 aromatic rings. The van der Waals surface area contributed by atoms with Crippen LogP contribution >= 0.6 is 0 Å². The van der Waals surface area contributed by atoms with Crippen molar-refractivity contribution in [2.75, 3.05) is 19.6 Å². The van der Waals surface area contributed by atoms with Gasteiger partial charge in [-0.15, -0.1) is 0 Å². The highest BCUT2D eigenvalue weighted by molar-refractivity contribution is 5.21. The van der Waals surface area contributed by atoms with Crippen molar-refractivity contribution in [1.29, 1.82) is 0 Å². The van der Waals surface area contributed by atoms with Gasteiger partial charge in [0.25, 0.3) is 0 Å². The van der Waals surface area contributed by atoms with Gasteiger partial charge in [0.05, 0.1) is 0 Å². The molecule has 1 aliphatic heterocycles. The summed E-state index contributed by atoms with van der Waals surface area (Å²) >= 11 is 0. The van der Waals surface area contributed by atoms with Gasteiger partial charge in [-0.05, 0) is 57.3 Å². The molecule has 0 aliphatic carbocycles. The van der Waals surface area contributed by atoms with Crippen molar-refractivity contribution in [2.45, 2.75) is 32.7 Å². The van der Waals surface area contributed by atoms with Gasteiger partial charge in [-0.25, -0.2) is 0 Å². The highest BCUT2D eigenvalue weighted by Crippen LogP contribution is 2.13. The fourth-order valence-corrected chi connectivity index (χ4v) is 2.53. The van der Waals surface area contributed by atoms with E-state index >= 15 is 0 Å². The van der Waals surface area contributed by atoms with Gasteiger partial charge in [0, 0.05) is 6.54 Å². The number of nitrogens with one attached hydrogen (secondary N) is 2.